The minimum absolute atomic E-state index is 0.372. The summed E-state index contributed by atoms with van der Waals surface area (Å²) in [5, 5.41) is 0. The van der Waals surface area contributed by atoms with E-state index in [0.29, 0.717) is 11.0 Å². The van der Waals surface area contributed by atoms with Crippen LogP contribution in [0.3, 0.4) is 0 Å². The van der Waals surface area contributed by atoms with Crippen LogP contribution in [-0.2, 0) is 0 Å². The summed E-state index contributed by atoms with van der Waals surface area (Å²) < 4.78 is 0. The molecule has 0 spiro atoms. The molecule has 0 unspecified atom stereocenters. The average Bonchev–Trinajstić information content (AvgIpc) is 2.58. The van der Waals surface area contributed by atoms with E-state index in [2.05, 4.69) is 23.7 Å². The van der Waals surface area contributed by atoms with Crippen molar-refractivity contribution in [2.75, 3.05) is 18.0 Å². The van der Waals surface area contributed by atoms with Crippen molar-refractivity contribution in [3.63, 3.8) is 0 Å². The molecule has 1 saturated heterocycles. The molecule has 86 valence electrons. The molecular weight excluding hydrogens is 200 g/mol. The van der Waals surface area contributed by atoms with E-state index < -0.39 is 0 Å². The fourth-order valence-corrected chi connectivity index (χ4v) is 2.28. The van der Waals surface area contributed by atoms with E-state index in [-0.39, 0.29) is 0 Å². The van der Waals surface area contributed by atoms with Gasteiger partial charge in [-0.15, -0.1) is 0 Å². The average molecular weight is 218 g/mol. The predicted octanol–water partition coefficient (Wildman–Crippen LogP) is 2.44. The van der Waals surface area contributed by atoms with Crippen molar-refractivity contribution in [2.45, 2.75) is 27.2 Å². The summed E-state index contributed by atoms with van der Waals surface area (Å²) in [5.41, 5.74) is 2.11. The van der Waals surface area contributed by atoms with Crippen LogP contribution in [-0.4, -0.2) is 24.4 Å². The minimum atomic E-state index is 0.372. The quantitative estimate of drug-likeness (QED) is 0.715. The molecule has 0 aromatic carbocycles. The Hall–Kier alpha value is -1.38. The van der Waals surface area contributed by atoms with E-state index in [1.807, 2.05) is 13.0 Å². The topological polar surface area (TPSA) is 33.2 Å². The standard InChI is InChI=1S/C13H18N2O/c1-10-6-11(8-16)7-14-12(10)15-5-4-13(2,3)9-15/h6-8H,4-5,9H2,1-3H3. The number of anilines is 1. The van der Waals surface area contributed by atoms with Gasteiger partial charge < -0.3 is 4.90 Å². The second-order valence-corrected chi connectivity index (χ2v) is 5.36. The van der Waals surface area contributed by atoms with E-state index in [0.717, 1.165) is 30.8 Å². The lowest BCUT2D eigenvalue weighted by atomic mass is 9.93. The molecule has 0 aliphatic carbocycles. The Morgan fingerprint density at radius 2 is 2.25 bits per heavy atom. The van der Waals surface area contributed by atoms with Gasteiger partial charge in [0, 0.05) is 24.8 Å². The molecule has 2 heterocycles. The van der Waals surface area contributed by atoms with E-state index in [1.165, 1.54) is 6.42 Å². The first-order chi connectivity index (χ1) is 7.52. The van der Waals surface area contributed by atoms with Crippen molar-refractivity contribution in [1.29, 1.82) is 0 Å². The van der Waals surface area contributed by atoms with Gasteiger partial charge in [-0.3, -0.25) is 4.79 Å². The third-order valence-electron chi connectivity index (χ3n) is 3.18. The smallest absolute Gasteiger partial charge is 0.151 e. The summed E-state index contributed by atoms with van der Waals surface area (Å²) in [7, 11) is 0. The number of aldehydes is 1. The second kappa shape index (κ2) is 3.89. The van der Waals surface area contributed by atoms with Crippen molar-refractivity contribution in [2.24, 2.45) is 5.41 Å². The van der Waals surface area contributed by atoms with Crippen molar-refractivity contribution in [1.82, 2.24) is 4.98 Å². The Morgan fingerprint density at radius 3 is 2.75 bits per heavy atom. The molecule has 0 bridgehead atoms. The number of aromatic nitrogens is 1. The third-order valence-corrected chi connectivity index (χ3v) is 3.18. The largest absolute Gasteiger partial charge is 0.356 e. The Kier molecular flexibility index (Phi) is 2.70. The Morgan fingerprint density at radius 1 is 1.50 bits per heavy atom. The fraction of sp³-hybridized carbons (Fsp3) is 0.538. The molecule has 1 aromatic heterocycles. The van der Waals surface area contributed by atoms with Gasteiger partial charge in [-0.25, -0.2) is 4.98 Å². The lowest BCUT2D eigenvalue weighted by Crippen LogP contribution is -2.24. The molecule has 16 heavy (non-hydrogen) atoms. The first-order valence-electron chi connectivity index (χ1n) is 5.69. The summed E-state index contributed by atoms with van der Waals surface area (Å²) in [6.07, 6.45) is 3.70. The molecule has 0 radical (unpaired) electrons. The molecule has 1 aliphatic rings. The number of hydrogen-bond acceptors (Lipinski definition) is 3. The Bertz CT molecular complexity index is 412. The summed E-state index contributed by atoms with van der Waals surface area (Å²) in [6, 6.07) is 1.90. The van der Waals surface area contributed by atoms with Gasteiger partial charge >= 0.3 is 0 Å². The fourth-order valence-electron chi connectivity index (χ4n) is 2.28. The highest BCUT2D eigenvalue weighted by Gasteiger charge is 2.30. The molecule has 0 saturated carbocycles. The van der Waals surface area contributed by atoms with Crippen molar-refractivity contribution in [3.05, 3.63) is 23.4 Å². The molecule has 3 nitrogen and oxygen atoms in total. The molecule has 1 fully saturated rings. The summed E-state index contributed by atoms with van der Waals surface area (Å²) in [4.78, 5) is 17.3. The number of hydrogen-bond donors (Lipinski definition) is 0. The molecular formula is C13H18N2O. The molecule has 0 amide bonds. The monoisotopic (exact) mass is 218 g/mol. The number of aryl methyl sites for hydroxylation is 1. The lowest BCUT2D eigenvalue weighted by Gasteiger charge is -2.22. The SMILES string of the molecule is Cc1cc(C=O)cnc1N1CCC(C)(C)C1. The number of carbonyl (C=O) groups is 1. The van der Waals surface area contributed by atoms with E-state index in [9.17, 15) is 4.79 Å². The van der Waals surface area contributed by atoms with Gasteiger partial charge in [0.15, 0.2) is 6.29 Å². The lowest BCUT2D eigenvalue weighted by molar-refractivity contribution is 0.112. The molecule has 2 rings (SSSR count). The zero-order valence-electron chi connectivity index (χ0n) is 10.2. The first kappa shape index (κ1) is 11.1. The van der Waals surface area contributed by atoms with Crippen LogP contribution in [0.25, 0.3) is 0 Å². The highest BCUT2D eigenvalue weighted by Crippen LogP contribution is 2.32. The van der Waals surface area contributed by atoms with Crippen LogP contribution in [0.2, 0.25) is 0 Å². The van der Waals surface area contributed by atoms with Crippen molar-refractivity contribution < 1.29 is 4.79 Å². The number of carbonyl (C=O) groups excluding carboxylic acids is 1. The number of nitrogens with zero attached hydrogens (tertiary/aromatic N) is 2. The predicted molar refractivity (Wildman–Crippen MR) is 65.0 cm³/mol. The van der Waals surface area contributed by atoms with E-state index >= 15 is 0 Å². The van der Waals surface area contributed by atoms with Crippen molar-refractivity contribution in [3.8, 4) is 0 Å². The zero-order valence-corrected chi connectivity index (χ0v) is 10.2. The van der Waals surface area contributed by atoms with Gasteiger partial charge in [-0.1, -0.05) is 13.8 Å². The normalized spacial score (nSPS) is 18.8. The van der Waals surface area contributed by atoms with Gasteiger partial charge in [-0.05, 0) is 30.4 Å². The van der Waals surface area contributed by atoms with Crippen molar-refractivity contribution >= 4 is 12.1 Å². The van der Waals surface area contributed by atoms with Gasteiger partial charge in [0.05, 0.1) is 0 Å². The van der Waals surface area contributed by atoms with Gasteiger partial charge in [0.1, 0.15) is 5.82 Å². The summed E-state index contributed by atoms with van der Waals surface area (Å²) in [5.74, 6) is 1.02. The molecule has 1 aliphatic heterocycles. The van der Waals surface area contributed by atoms with Gasteiger partial charge in [-0.2, -0.15) is 0 Å². The maximum Gasteiger partial charge on any atom is 0.151 e. The second-order valence-electron chi connectivity index (χ2n) is 5.36. The van der Waals surface area contributed by atoms with Gasteiger partial charge in [0.2, 0.25) is 0 Å². The molecule has 3 heteroatoms. The number of rotatable bonds is 2. The van der Waals surface area contributed by atoms with Gasteiger partial charge in [0.25, 0.3) is 0 Å². The maximum atomic E-state index is 10.6. The zero-order chi connectivity index (χ0) is 11.8. The van der Waals surface area contributed by atoms with Crippen LogP contribution >= 0.6 is 0 Å². The molecule has 0 atom stereocenters. The van der Waals surface area contributed by atoms with Crippen LogP contribution in [0.15, 0.2) is 12.3 Å². The number of pyridine rings is 1. The van der Waals surface area contributed by atoms with Crippen LogP contribution < -0.4 is 4.90 Å². The van der Waals surface area contributed by atoms with E-state index in [4.69, 9.17) is 0 Å². The Labute approximate surface area is 96.5 Å². The highest BCUT2D eigenvalue weighted by atomic mass is 16.1. The van der Waals surface area contributed by atoms with Crippen LogP contribution in [0.5, 0.6) is 0 Å². The highest BCUT2D eigenvalue weighted by molar-refractivity contribution is 5.75. The Balaban J connectivity index is 2.25. The van der Waals surface area contributed by atoms with Crippen LogP contribution in [0, 0.1) is 12.3 Å². The minimum Gasteiger partial charge on any atom is -0.356 e. The summed E-state index contributed by atoms with van der Waals surface area (Å²) in [6.45, 7) is 8.67. The van der Waals surface area contributed by atoms with Crippen LogP contribution in [0.4, 0.5) is 5.82 Å². The van der Waals surface area contributed by atoms with Crippen LogP contribution in [0.1, 0.15) is 36.2 Å². The third kappa shape index (κ3) is 2.08. The molecule has 1 aromatic rings. The first-order valence-corrected chi connectivity index (χ1v) is 5.69. The summed E-state index contributed by atoms with van der Waals surface area (Å²) >= 11 is 0. The molecule has 0 N–H and O–H groups in total. The van der Waals surface area contributed by atoms with E-state index in [1.54, 1.807) is 6.20 Å². The maximum absolute atomic E-state index is 10.6.